The number of nitrogens with zero attached hydrogens (tertiary/aromatic N) is 2. The lowest BCUT2D eigenvalue weighted by molar-refractivity contribution is -0.384. The average Bonchev–Trinajstić information content (AvgIpc) is 2.34. The molecule has 0 spiro atoms. The Balaban J connectivity index is 2.59. The minimum Gasteiger partial charge on any atom is -0.481 e. The highest BCUT2D eigenvalue weighted by atomic mass is 16.6. The van der Waals surface area contributed by atoms with Gasteiger partial charge in [-0.3, -0.25) is 14.9 Å². The molecule has 0 radical (unpaired) electrons. The Labute approximate surface area is 104 Å². The van der Waals surface area contributed by atoms with Crippen LogP contribution in [-0.2, 0) is 4.79 Å². The lowest BCUT2D eigenvalue weighted by Gasteiger charge is -2.13. The van der Waals surface area contributed by atoms with E-state index >= 15 is 0 Å². The molecule has 1 aromatic rings. The van der Waals surface area contributed by atoms with Gasteiger partial charge in [0.15, 0.2) is 0 Å². The Morgan fingerprint density at radius 2 is 2.39 bits per heavy atom. The molecule has 0 saturated heterocycles. The number of hydrogen-bond acceptors (Lipinski definition) is 5. The summed E-state index contributed by atoms with van der Waals surface area (Å²) in [6.07, 6.45) is 2.13. The molecular formula is C11H15N3O4. The maximum Gasteiger partial charge on any atom is 0.303 e. The average molecular weight is 253 g/mol. The number of anilines is 1. The number of pyridine rings is 1. The molecule has 0 fully saturated rings. The molecule has 18 heavy (non-hydrogen) atoms. The van der Waals surface area contributed by atoms with Crippen LogP contribution < -0.4 is 5.32 Å². The van der Waals surface area contributed by atoms with Crippen molar-refractivity contribution in [1.82, 2.24) is 4.98 Å². The van der Waals surface area contributed by atoms with E-state index in [1.807, 2.05) is 6.92 Å². The summed E-state index contributed by atoms with van der Waals surface area (Å²) in [4.78, 5) is 24.6. The zero-order valence-electron chi connectivity index (χ0n) is 10.00. The molecule has 1 heterocycles. The summed E-state index contributed by atoms with van der Waals surface area (Å²) in [7, 11) is 0. The number of carboxylic acid groups (broad SMARTS) is 1. The fraction of sp³-hybridized carbons (Fsp3) is 0.455. The van der Waals surface area contributed by atoms with Crippen molar-refractivity contribution < 1.29 is 14.8 Å². The van der Waals surface area contributed by atoms with Gasteiger partial charge < -0.3 is 10.4 Å². The van der Waals surface area contributed by atoms with Gasteiger partial charge in [0.2, 0.25) is 0 Å². The molecule has 0 aliphatic heterocycles. The van der Waals surface area contributed by atoms with Crippen molar-refractivity contribution in [1.29, 1.82) is 0 Å². The number of carboxylic acids is 1. The number of carbonyl (C=O) groups is 1. The van der Waals surface area contributed by atoms with Gasteiger partial charge in [0.1, 0.15) is 5.82 Å². The van der Waals surface area contributed by atoms with Crippen LogP contribution in [0.1, 0.15) is 19.8 Å². The van der Waals surface area contributed by atoms with Crippen LogP contribution in [0.4, 0.5) is 11.5 Å². The van der Waals surface area contributed by atoms with Crippen LogP contribution in [0.3, 0.4) is 0 Å². The van der Waals surface area contributed by atoms with Crippen molar-refractivity contribution in [2.24, 2.45) is 5.92 Å². The van der Waals surface area contributed by atoms with E-state index in [9.17, 15) is 14.9 Å². The van der Waals surface area contributed by atoms with Crippen molar-refractivity contribution in [2.45, 2.75) is 19.8 Å². The number of hydrogen-bond donors (Lipinski definition) is 2. The highest BCUT2D eigenvalue weighted by Gasteiger charge is 2.12. The summed E-state index contributed by atoms with van der Waals surface area (Å²) >= 11 is 0. The smallest absolute Gasteiger partial charge is 0.303 e. The van der Waals surface area contributed by atoms with Crippen molar-refractivity contribution in [3.8, 4) is 0 Å². The van der Waals surface area contributed by atoms with E-state index in [-0.39, 0.29) is 18.0 Å². The minimum absolute atomic E-state index is 0.0245. The first-order valence-corrected chi connectivity index (χ1v) is 5.59. The van der Waals surface area contributed by atoms with Crippen LogP contribution in [0, 0.1) is 16.0 Å². The molecule has 1 aromatic heterocycles. The molecule has 0 amide bonds. The Morgan fingerprint density at radius 1 is 1.67 bits per heavy atom. The van der Waals surface area contributed by atoms with Gasteiger partial charge in [0.05, 0.1) is 11.0 Å². The van der Waals surface area contributed by atoms with Crippen molar-refractivity contribution >= 4 is 17.5 Å². The molecule has 0 bridgehead atoms. The molecule has 1 rings (SSSR count). The SMILES string of the molecule is CCC(CNc1cc([N+](=O)[O-])ccn1)CC(=O)O. The number of aromatic nitrogens is 1. The molecule has 0 saturated carbocycles. The van der Waals surface area contributed by atoms with Crippen LogP contribution in [-0.4, -0.2) is 27.5 Å². The monoisotopic (exact) mass is 253 g/mol. The second-order valence-corrected chi connectivity index (χ2v) is 3.91. The van der Waals surface area contributed by atoms with Crippen molar-refractivity contribution in [3.05, 3.63) is 28.4 Å². The van der Waals surface area contributed by atoms with E-state index in [0.29, 0.717) is 18.8 Å². The zero-order chi connectivity index (χ0) is 13.5. The fourth-order valence-electron chi connectivity index (χ4n) is 1.49. The molecule has 2 N–H and O–H groups in total. The summed E-state index contributed by atoms with van der Waals surface area (Å²) in [6, 6.07) is 2.63. The van der Waals surface area contributed by atoms with Gasteiger partial charge in [-0.15, -0.1) is 0 Å². The number of nitrogens with one attached hydrogen (secondary N) is 1. The van der Waals surface area contributed by atoms with Gasteiger partial charge in [-0.1, -0.05) is 13.3 Å². The van der Waals surface area contributed by atoms with E-state index in [0.717, 1.165) is 0 Å². The van der Waals surface area contributed by atoms with E-state index in [1.165, 1.54) is 18.3 Å². The fourth-order valence-corrected chi connectivity index (χ4v) is 1.49. The Kier molecular flexibility index (Phi) is 5.04. The molecule has 1 atom stereocenters. The molecular weight excluding hydrogens is 238 g/mol. The van der Waals surface area contributed by atoms with Gasteiger partial charge in [-0.05, 0) is 5.92 Å². The molecule has 7 nitrogen and oxygen atoms in total. The molecule has 0 aliphatic carbocycles. The van der Waals surface area contributed by atoms with Gasteiger partial charge in [0.25, 0.3) is 5.69 Å². The first-order chi connectivity index (χ1) is 8.52. The predicted molar refractivity (Wildman–Crippen MR) is 65.4 cm³/mol. The van der Waals surface area contributed by atoms with Gasteiger partial charge in [-0.2, -0.15) is 0 Å². The second-order valence-electron chi connectivity index (χ2n) is 3.91. The normalized spacial score (nSPS) is 11.8. The van der Waals surface area contributed by atoms with E-state index in [2.05, 4.69) is 10.3 Å². The van der Waals surface area contributed by atoms with Gasteiger partial charge in [0, 0.05) is 25.2 Å². The first-order valence-electron chi connectivity index (χ1n) is 5.59. The van der Waals surface area contributed by atoms with Crippen LogP contribution in [0.2, 0.25) is 0 Å². The first kappa shape index (κ1) is 13.9. The third kappa shape index (κ3) is 4.36. The quantitative estimate of drug-likeness (QED) is 0.568. The highest BCUT2D eigenvalue weighted by molar-refractivity contribution is 5.67. The summed E-state index contributed by atoms with van der Waals surface area (Å²) < 4.78 is 0. The number of rotatable bonds is 7. The maximum atomic E-state index is 10.6. The minimum atomic E-state index is -0.851. The zero-order valence-corrected chi connectivity index (χ0v) is 10.00. The summed E-state index contributed by atoms with van der Waals surface area (Å²) in [5.74, 6) is -0.493. The third-order valence-corrected chi connectivity index (χ3v) is 2.57. The molecule has 7 heteroatoms. The Hall–Kier alpha value is -2.18. The molecule has 0 aliphatic rings. The molecule has 1 unspecified atom stereocenters. The largest absolute Gasteiger partial charge is 0.481 e. The van der Waals surface area contributed by atoms with Gasteiger partial charge in [-0.25, -0.2) is 4.98 Å². The second kappa shape index (κ2) is 6.53. The lowest BCUT2D eigenvalue weighted by atomic mass is 10.0. The van der Waals surface area contributed by atoms with Crippen molar-refractivity contribution in [2.75, 3.05) is 11.9 Å². The standard InChI is InChI=1S/C11H15N3O4/c1-2-8(5-11(15)16)7-13-10-6-9(14(17)18)3-4-12-10/h3-4,6,8H,2,5,7H2,1H3,(H,12,13)(H,15,16). The van der Waals surface area contributed by atoms with Crippen LogP contribution in [0.15, 0.2) is 18.3 Å². The lowest BCUT2D eigenvalue weighted by Crippen LogP contribution is -2.17. The predicted octanol–water partition coefficient (Wildman–Crippen LogP) is 1.90. The summed E-state index contributed by atoms with van der Waals surface area (Å²) in [6.45, 7) is 2.33. The maximum absolute atomic E-state index is 10.6. The van der Waals surface area contributed by atoms with Gasteiger partial charge >= 0.3 is 5.97 Å². The summed E-state index contributed by atoms with van der Waals surface area (Å²) in [5.41, 5.74) is -0.0428. The Morgan fingerprint density at radius 3 is 2.94 bits per heavy atom. The highest BCUT2D eigenvalue weighted by Crippen LogP contribution is 2.15. The van der Waals surface area contributed by atoms with E-state index in [4.69, 9.17) is 5.11 Å². The number of aliphatic carboxylic acids is 1. The molecule has 0 aromatic carbocycles. The number of nitro groups is 1. The van der Waals surface area contributed by atoms with Crippen LogP contribution in [0.5, 0.6) is 0 Å². The summed E-state index contributed by atoms with van der Waals surface area (Å²) in [5, 5.41) is 22.2. The van der Waals surface area contributed by atoms with E-state index in [1.54, 1.807) is 0 Å². The topological polar surface area (TPSA) is 105 Å². The third-order valence-electron chi connectivity index (χ3n) is 2.57. The van der Waals surface area contributed by atoms with Crippen LogP contribution in [0.25, 0.3) is 0 Å². The molecule has 98 valence electrons. The van der Waals surface area contributed by atoms with Crippen molar-refractivity contribution in [3.63, 3.8) is 0 Å². The van der Waals surface area contributed by atoms with E-state index < -0.39 is 10.9 Å². The van der Waals surface area contributed by atoms with Crippen LogP contribution >= 0.6 is 0 Å². The Bertz CT molecular complexity index is 436.